The van der Waals surface area contributed by atoms with E-state index >= 15 is 0 Å². The van der Waals surface area contributed by atoms with Crippen LogP contribution in [0.5, 0.6) is 11.5 Å². The van der Waals surface area contributed by atoms with Crippen molar-refractivity contribution in [2.24, 2.45) is 5.92 Å². The molecule has 0 saturated carbocycles. The number of nitrogens with zero attached hydrogens (tertiary/aromatic N) is 3. The van der Waals surface area contributed by atoms with Crippen molar-refractivity contribution in [3.8, 4) is 11.5 Å². The number of hydrogen-bond acceptors (Lipinski definition) is 9. The number of benzene rings is 3. The van der Waals surface area contributed by atoms with E-state index in [0.717, 1.165) is 17.8 Å². The molecule has 1 atom stereocenters. The topological polar surface area (TPSA) is 102 Å². The van der Waals surface area contributed by atoms with Gasteiger partial charge in [-0.05, 0) is 72.9 Å². The monoisotopic (exact) mass is 633 g/mol. The molecular weight excluding hydrogens is 602 g/mol. The largest absolute Gasteiger partial charge is 0.507 e. The molecule has 0 aliphatic carbocycles. The van der Waals surface area contributed by atoms with Gasteiger partial charge in [-0.1, -0.05) is 67.3 Å². The minimum atomic E-state index is -0.993. The molecule has 2 heterocycles. The van der Waals surface area contributed by atoms with Gasteiger partial charge in [0.05, 0.1) is 24.8 Å². The van der Waals surface area contributed by atoms with Gasteiger partial charge in [0.2, 0.25) is 5.13 Å². The third kappa shape index (κ3) is 6.95. The molecule has 44 heavy (non-hydrogen) atoms. The van der Waals surface area contributed by atoms with E-state index in [-0.39, 0.29) is 22.3 Å². The van der Waals surface area contributed by atoms with Crippen LogP contribution in [0.2, 0.25) is 0 Å². The van der Waals surface area contributed by atoms with E-state index in [0.29, 0.717) is 57.4 Å². The summed E-state index contributed by atoms with van der Waals surface area (Å²) in [6.07, 6.45) is 0.860. The predicted octanol–water partition coefficient (Wildman–Crippen LogP) is 7.42. The zero-order valence-corrected chi connectivity index (χ0v) is 26.2. The Hall–Kier alpha value is -4.22. The quantitative estimate of drug-likeness (QED) is 0.0566. The van der Waals surface area contributed by atoms with E-state index in [1.165, 1.54) is 22.7 Å². The molecule has 228 valence electrons. The van der Waals surface area contributed by atoms with Crippen LogP contribution in [0.1, 0.15) is 49.9 Å². The number of Topliss-reactive ketones (excluding diaryl/α,β-unsaturated/α-hetero) is 1. The first-order valence-corrected chi connectivity index (χ1v) is 16.0. The maximum atomic E-state index is 14.2. The van der Waals surface area contributed by atoms with Crippen LogP contribution in [-0.2, 0) is 15.3 Å². The molecule has 3 aromatic carbocycles. The van der Waals surface area contributed by atoms with Crippen LogP contribution < -0.4 is 14.4 Å². The highest BCUT2D eigenvalue weighted by atomic mass is 32.2. The number of ketones is 1. The Kier molecular flexibility index (Phi) is 9.96. The van der Waals surface area contributed by atoms with E-state index in [9.17, 15) is 19.1 Å². The van der Waals surface area contributed by atoms with Crippen molar-refractivity contribution in [1.29, 1.82) is 0 Å². The van der Waals surface area contributed by atoms with Gasteiger partial charge in [0.25, 0.3) is 5.78 Å². The first-order chi connectivity index (χ1) is 21.3. The summed E-state index contributed by atoms with van der Waals surface area (Å²) >= 11 is 2.40. The lowest BCUT2D eigenvalue weighted by Gasteiger charge is -2.23. The molecule has 1 aromatic heterocycles. The number of amides is 1. The SMILES string of the molecule is CCOc1ccc(C(O)=C2C(=O)C(=O)N(c3nnc(SCc4ccccc4F)s3)C2c2cccc(OCCC(C)C)c2)cc1. The summed E-state index contributed by atoms with van der Waals surface area (Å²) < 4.78 is 26.1. The van der Waals surface area contributed by atoms with Gasteiger partial charge in [0.1, 0.15) is 23.1 Å². The van der Waals surface area contributed by atoms with Crippen molar-refractivity contribution in [2.75, 3.05) is 18.1 Å². The molecule has 0 spiro atoms. The summed E-state index contributed by atoms with van der Waals surface area (Å²) in [5.41, 5.74) is 1.36. The number of aromatic nitrogens is 2. The second-order valence-corrected chi connectivity index (χ2v) is 12.6. The van der Waals surface area contributed by atoms with E-state index in [2.05, 4.69) is 24.0 Å². The number of thioether (sulfide) groups is 1. The van der Waals surface area contributed by atoms with Gasteiger partial charge in [-0.15, -0.1) is 10.2 Å². The lowest BCUT2D eigenvalue weighted by Crippen LogP contribution is -2.29. The Morgan fingerprint density at radius 3 is 2.52 bits per heavy atom. The van der Waals surface area contributed by atoms with E-state index in [4.69, 9.17) is 9.47 Å². The normalized spacial score (nSPS) is 16.1. The second kappa shape index (κ2) is 14.0. The number of anilines is 1. The summed E-state index contributed by atoms with van der Waals surface area (Å²) in [7, 11) is 0. The third-order valence-electron chi connectivity index (χ3n) is 6.93. The predicted molar refractivity (Wildman–Crippen MR) is 170 cm³/mol. The molecule has 1 N–H and O–H groups in total. The summed E-state index contributed by atoms with van der Waals surface area (Å²) in [5, 5.41) is 20.1. The lowest BCUT2D eigenvalue weighted by atomic mass is 9.95. The first kappa shape index (κ1) is 31.2. The number of aliphatic hydroxyl groups excluding tert-OH is 1. The Bertz CT molecular complexity index is 1670. The van der Waals surface area contributed by atoms with Gasteiger partial charge in [-0.25, -0.2) is 4.39 Å². The average Bonchev–Trinajstić information content (AvgIpc) is 3.58. The summed E-state index contributed by atoms with van der Waals surface area (Å²) in [4.78, 5) is 28.5. The standard InChI is InChI=1S/C33H32FN3O5S2/c1-4-41-24-14-12-21(13-15-24)29(38)27-28(22-9-7-10-25(18-22)42-17-16-20(2)3)37(31(40)30(27)39)32-35-36-33(44-32)43-19-23-8-5-6-11-26(23)34/h5-15,18,20,28,38H,4,16-17,19H2,1-3H3. The van der Waals surface area contributed by atoms with Crippen LogP contribution in [-0.4, -0.2) is 40.2 Å². The fourth-order valence-electron chi connectivity index (χ4n) is 4.68. The summed E-state index contributed by atoms with van der Waals surface area (Å²) in [5.74, 6) is -0.351. The van der Waals surface area contributed by atoms with Gasteiger partial charge in [0.15, 0.2) is 4.34 Å². The van der Waals surface area contributed by atoms with Crippen LogP contribution in [0.4, 0.5) is 9.52 Å². The summed E-state index contributed by atoms with van der Waals surface area (Å²) in [6.45, 7) is 7.08. The van der Waals surface area contributed by atoms with Crippen LogP contribution in [0, 0.1) is 11.7 Å². The number of aliphatic hydroxyl groups is 1. The number of carbonyl (C=O) groups is 2. The molecule has 4 aromatic rings. The lowest BCUT2D eigenvalue weighted by molar-refractivity contribution is -0.132. The average molecular weight is 634 g/mol. The molecule has 1 amide bonds. The van der Waals surface area contributed by atoms with Crippen LogP contribution in [0.25, 0.3) is 5.76 Å². The maximum absolute atomic E-state index is 14.2. The fraction of sp³-hybridized carbons (Fsp3) is 0.273. The minimum absolute atomic E-state index is 0.0748. The number of halogens is 1. The van der Waals surface area contributed by atoms with Gasteiger partial charge in [-0.3, -0.25) is 14.5 Å². The molecule has 1 unspecified atom stereocenters. The molecular formula is C33H32FN3O5S2. The molecule has 8 nitrogen and oxygen atoms in total. The number of hydrogen-bond donors (Lipinski definition) is 1. The third-order valence-corrected chi connectivity index (χ3v) is 9.04. The van der Waals surface area contributed by atoms with Crippen molar-refractivity contribution in [3.63, 3.8) is 0 Å². The molecule has 0 bridgehead atoms. The van der Waals surface area contributed by atoms with Crippen molar-refractivity contribution in [3.05, 3.63) is 101 Å². The Balaban J connectivity index is 1.53. The molecule has 1 saturated heterocycles. The van der Waals surface area contributed by atoms with Crippen molar-refractivity contribution < 1.29 is 28.6 Å². The molecule has 11 heteroatoms. The number of rotatable bonds is 12. The van der Waals surface area contributed by atoms with Crippen molar-refractivity contribution in [1.82, 2.24) is 10.2 Å². The van der Waals surface area contributed by atoms with Crippen LogP contribution in [0.15, 0.2) is 82.7 Å². The van der Waals surface area contributed by atoms with Crippen LogP contribution >= 0.6 is 23.1 Å². The smallest absolute Gasteiger partial charge is 0.301 e. The van der Waals surface area contributed by atoms with Crippen molar-refractivity contribution >= 4 is 45.7 Å². The van der Waals surface area contributed by atoms with Crippen LogP contribution in [0.3, 0.4) is 0 Å². The van der Waals surface area contributed by atoms with Gasteiger partial charge in [0, 0.05) is 11.3 Å². The van der Waals surface area contributed by atoms with Gasteiger partial charge >= 0.3 is 5.91 Å². The van der Waals surface area contributed by atoms with Crippen molar-refractivity contribution in [2.45, 2.75) is 43.3 Å². The highest BCUT2D eigenvalue weighted by Gasteiger charge is 2.48. The Morgan fingerprint density at radius 2 is 1.80 bits per heavy atom. The first-order valence-electron chi connectivity index (χ1n) is 14.2. The summed E-state index contributed by atoms with van der Waals surface area (Å²) in [6, 6.07) is 19.3. The number of carbonyl (C=O) groups excluding carboxylic acids is 2. The van der Waals surface area contributed by atoms with E-state index in [1.807, 2.05) is 13.0 Å². The van der Waals surface area contributed by atoms with Gasteiger partial charge < -0.3 is 14.6 Å². The van der Waals surface area contributed by atoms with E-state index in [1.54, 1.807) is 60.7 Å². The zero-order chi connectivity index (χ0) is 31.2. The van der Waals surface area contributed by atoms with Gasteiger partial charge in [-0.2, -0.15) is 0 Å². The number of ether oxygens (including phenoxy) is 2. The Labute approximate surface area is 263 Å². The zero-order valence-electron chi connectivity index (χ0n) is 24.5. The molecule has 0 radical (unpaired) electrons. The molecule has 5 rings (SSSR count). The molecule has 1 aliphatic heterocycles. The highest BCUT2D eigenvalue weighted by Crippen LogP contribution is 2.44. The minimum Gasteiger partial charge on any atom is -0.507 e. The maximum Gasteiger partial charge on any atom is 0.301 e. The molecule has 1 fully saturated rings. The highest BCUT2D eigenvalue weighted by molar-refractivity contribution is 8.00. The fourth-order valence-corrected chi connectivity index (χ4v) is 6.53. The second-order valence-electron chi connectivity index (χ2n) is 10.5. The van der Waals surface area contributed by atoms with E-state index < -0.39 is 17.7 Å². The molecule has 1 aliphatic rings. The Morgan fingerprint density at radius 1 is 1.02 bits per heavy atom.